The Morgan fingerprint density at radius 2 is 1.75 bits per heavy atom. The van der Waals surface area contributed by atoms with Crippen LogP contribution >= 0.6 is 0 Å². The molecule has 44 heavy (non-hydrogen) atoms. The highest BCUT2D eigenvalue weighted by Gasteiger charge is 2.31. The molecule has 0 aliphatic heterocycles. The fraction of sp³-hybridized carbons (Fsp3) is 0.125. The number of carbonyl (C=O) groups excluding carboxylic acids is 1. The molecule has 0 radical (unpaired) electrons. The molecule has 0 fully saturated rings. The smallest absolute Gasteiger partial charge is 0.416 e. The summed E-state index contributed by atoms with van der Waals surface area (Å²) in [6.45, 7) is -0.401. The molecule has 0 atom stereocenters. The van der Waals surface area contributed by atoms with Gasteiger partial charge in [0.1, 0.15) is 11.6 Å². The summed E-state index contributed by atoms with van der Waals surface area (Å²) in [6, 6.07) is 21.3. The Bertz CT molecular complexity index is 1920. The van der Waals surface area contributed by atoms with E-state index >= 15 is 0 Å². The molecule has 8 nitrogen and oxygen atoms in total. The van der Waals surface area contributed by atoms with Gasteiger partial charge in [0.2, 0.25) is 0 Å². The van der Waals surface area contributed by atoms with Crippen LogP contribution in [0, 0.1) is 5.82 Å². The van der Waals surface area contributed by atoms with Crippen LogP contribution < -0.4 is 20.5 Å². The number of halogens is 4. The van der Waals surface area contributed by atoms with Crippen molar-refractivity contribution >= 4 is 34.4 Å². The molecule has 0 bridgehead atoms. The zero-order valence-electron chi connectivity index (χ0n) is 23.5. The Kier molecular flexibility index (Phi) is 8.43. The highest BCUT2D eigenvalue weighted by Crippen LogP contribution is 2.32. The molecule has 1 aromatic heterocycles. The van der Waals surface area contributed by atoms with Gasteiger partial charge in [0, 0.05) is 42.7 Å². The van der Waals surface area contributed by atoms with E-state index in [0.717, 1.165) is 22.5 Å². The van der Waals surface area contributed by atoms with E-state index in [9.17, 15) is 27.2 Å². The lowest BCUT2D eigenvalue weighted by atomic mass is 10.1. The van der Waals surface area contributed by atoms with E-state index in [1.807, 2.05) is 19.0 Å². The van der Waals surface area contributed by atoms with Crippen molar-refractivity contribution in [2.75, 3.05) is 30.9 Å². The van der Waals surface area contributed by atoms with Crippen LogP contribution in [0.2, 0.25) is 0 Å². The zero-order valence-corrected chi connectivity index (χ0v) is 23.5. The molecule has 224 valence electrons. The van der Waals surface area contributed by atoms with Crippen LogP contribution in [0.25, 0.3) is 22.3 Å². The van der Waals surface area contributed by atoms with Gasteiger partial charge < -0.3 is 15.0 Å². The fourth-order valence-electron chi connectivity index (χ4n) is 4.28. The van der Waals surface area contributed by atoms with Gasteiger partial charge in [-0.25, -0.2) is 9.37 Å². The average Bonchev–Trinajstić information content (AvgIpc) is 3.00. The first-order valence-corrected chi connectivity index (χ1v) is 13.2. The highest BCUT2D eigenvalue weighted by molar-refractivity contribution is 5.92. The van der Waals surface area contributed by atoms with E-state index in [1.165, 1.54) is 42.6 Å². The van der Waals surface area contributed by atoms with Gasteiger partial charge in [0.25, 0.3) is 11.5 Å². The lowest BCUT2D eigenvalue weighted by Crippen LogP contribution is -2.21. The van der Waals surface area contributed by atoms with E-state index < -0.39 is 35.6 Å². The molecule has 1 heterocycles. The predicted octanol–water partition coefficient (Wildman–Crippen LogP) is 6.19. The number of nitrogens with zero attached hydrogens (tertiary/aromatic N) is 4. The van der Waals surface area contributed by atoms with E-state index in [-0.39, 0.29) is 22.5 Å². The summed E-state index contributed by atoms with van der Waals surface area (Å²) in [5.41, 5.74) is 0.339. The normalized spacial score (nSPS) is 11.6. The molecule has 12 heteroatoms. The van der Waals surface area contributed by atoms with Gasteiger partial charge >= 0.3 is 6.18 Å². The maximum absolute atomic E-state index is 13.5. The summed E-state index contributed by atoms with van der Waals surface area (Å²) in [6.07, 6.45) is -3.30. The van der Waals surface area contributed by atoms with Gasteiger partial charge in [0.05, 0.1) is 22.7 Å². The van der Waals surface area contributed by atoms with E-state index in [0.29, 0.717) is 16.8 Å². The van der Waals surface area contributed by atoms with Gasteiger partial charge in [-0.05, 0) is 60.7 Å². The Balaban J connectivity index is 1.53. The second-order valence-corrected chi connectivity index (χ2v) is 9.85. The van der Waals surface area contributed by atoms with Gasteiger partial charge in [0.15, 0.2) is 12.4 Å². The van der Waals surface area contributed by atoms with Crippen molar-refractivity contribution in [1.82, 2.24) is 9.66 Å². The lowest BCUT2D eigenvalue weighted by molar-refractivity contribution is -0.137. The first-order chi connectivity index (χ1) is 21.0. The van der Waals surface area contributed by atoms with Crippen LogP contribution in [0.15, 0.2) is 101 Å². The summed E-state index contributed by atoms with van der Waals surface area (Å²) < 4.78 is 60.5. The maximum atomic E-state index is 13.5. The minimum atomic E-state index is -4.61. The number of ether oxygens (including phenoxy) is 1. The van der Waals surface area contributed by atoms with Gasteiger partial charge in [-0.1, -0.05) is 24.3 Å². The fourth-order valence-corrected chi connectivity index (χ4v) is 4.28. The number of aromatic nitrogens is 2. The van der Waals surface area contributed by atoms with Crippen molar-refractivity contribution in [1.29, 1.82) is 0 Å². The highest BCUT2D eigenvalue weighted by atomic mass is 19.4. The predicted molar refractivity (Wildman–Crippen MR) is 161 cm³/mol. The number of hydrogen-bond donors (Lipinski definition) is 1. The van der Waals surface area contributed by atoms with E-state index in [1.54, 1.807) is 42.5 Å². The molecule has 0 unspecified atom stereocenters. The number of amides is 1. The van der Waals surface area contributed by atoms with Crippen molar-refractivity contribution in [3.05, 3.63) is 118 Å². The number of rotatable bonds is 8. The van der Waals surface area contributed by atoms with Crippen LogP contribution in [0.1, 0.15) is 11.1 Å². The summed E-state index contributed by atoms with van der Waals surface area (Å²) in [5.74, 6) is -0.795. The number of carbonyl (C=O) groups is 1. The molecule has 0 aliphatic rings. The minimum Gasteiger partial charge on any atom is -0.483 e. The summed E-state index contributed by atoms with van der Waals surface area (Å²) >= 11 is 0. The molecule has 0 saturated heterocycles. The third kappa shape index (κ3) is 6.75. The molecular weight excluding hydrogens is 578 g/mol. The molecule has 5 rings (SSSR count). The summed E-state index contributed by atoms with van der Waals surface area (Å²) in [4.78, 5) is 32.4. The van der Waals surface area contributed by atoms with Crippen molar-refractivity contribution < 1.29 is 27.1 Å². The number of hydrogen-bond acceptors (Lipinski definition) is 6. The molecule has 4 aromatic carbocycles. The second kappa shape index (κ2) is 12.4. The third-order valence-corrected chi connectivity index (χ3v) is 6.51. The minimum absolute atomic E-state index is 0.0386. The Morgan fingerprint density at radius 1 is 1.00 bits per heavy atom. The Hall–Kier alpha value is -5.52. The lowest BCUT2D eigenvalue weighted by Gasteiger charge is -2.16. The molecule has 0 aliphatic carbocycles. The van der Waals surface area contributed by atoms with Crippen LogP contribution in [0.5, 0.6) is 5.75 Å². The Morgan fingerprint density at radius 3 is 2.48 bits per heavy atom. The second-order valence-electron chi connectivity index (χ2n) is 9.85. The SMILES string of the molecule is CN(C)c1ccc(C=Nn2c(-c3cccc(C(F)(F)F)c3)nc3ccccc3c2=O)c(OCC(=O)Nc2ccc(F)cc2)c1. The van der Waals surface area contributed by atoms with E-state index in [2.05, 4.69) is 15.4 Å². The molecule has 1 N–H and O–H groups in total. The number of alkyl halides is 3. The van der Waals surface area contributed by atoms with Crippen molar-refractivity contribution in [3.63, 3.8) is 0 Å². The maximum Gasteiger partial charge on any atom is 0.416 e. The number of para-hydroxylation sites is 1. The molecule has 0 spiro atoms. The number of nitrogens with one attached hydrogen (secondary N) is 1. The molecular formula is C32H25F4N5O3. The number of anilines is 2. The van der Waals surface area contributed by atoms with Crippen LogP contribution in [0.3, 0.4) is 0 Å². The van der Waals surface area contributed by atoms with Crippen LogP contribution in [-0.4, -0.2) is 42.5 Å². The average molecular weight is 604 g/mol. The van der Waals surface area contributed by atoms with Crippen LogP contribution in [0.4, 0.5) is 28.9 Å². The number of benzene rings is 4. The largest absolute Gasteiger partial charge is 0.483 e. The van der Waals surface area contributed by atoms with E-state index in [4.69, 9.17) is 4.74 Å². The Labute approximate surface area is 248 Å². The zero-order chi connectivity index (χ0) is 31.4. The van der Waals surface area contributed by atoms with Crippen molar-refractivity contribution in [3.8, 4) is 17.1 Å². The van der Waals surface area contributed by atoms with Crippen molar-refractivity contribution in [2.24, 2.45) is 5.10 Å². The third-order valence-electron chi connectivity index (χ3n) is 6.51. The van der Waals surface area contributed by atoms with Gasteiger partial charge in [-0.15, -0.1) is 0 Å². The standard InChI is InChI=1S/C32H25F4N5O3/c1-40(2)25-15-10-21(28(17-25)44-19-29(42)38-24-13-11-23(33)12-14-24)18-37-41-30(20-6-5-7-22(16-20)32(34,35)36)39-27-9-4-3-8-26(27)31(41)43/h3-18H,19H2,1-2H3,(H,38,42). The number of fused-ring (bicyclic) bond motifs is 1. The van der Waals surface area contributed by atoms with Crippen molar-refractivity contribution in [2.45, 2.75) is 6.18 Å². The quantitative estimate of drug-likeness (QED) is 0.169. The molecule has 1 amide bonds. The molecule has 5 aromatic rings. The van der Waals surface area contributed by atoms with Gasteiger partial charge in [-0.3, -0.25) is 9.59 Å². The topological polar surface area (TPSA) is 88.8 Å². The summed E-state index contributed by atoms with van der Waals surface area (Å²) in [7, 11) is 3.63. The first kappa shape index (κ1) is 30.0. The molecule has 0 saturated carbocycles. The summed E-state index contributed by atoms with van der Waals surface area (Å²) in [5, 5.41) is 7.17. The van der Waals surface area contributed by atoms with Gasteiger partial charge in [-0.2, -0.15) is 22.9 Å². The monoisotopic (exact) mass is 603 g/mol. The van der Waals surface area contributed by atoms with Crippen LogP contribution in [-0.2, 0) is 11.0 Å². The first-order valence-electron chi connectivity index (χ1n) is 13.2.